The van der Waals surface area contributed by atoms with Gasteiger partial charge in [-0.2, -0.15) is 0 Å². The molecule has 1 N–H and O–H groups in total. The fourth-order valence-corrected chi connectivity index (χ4v) is 1.81. The van der Waals surface area contributed by atoms with Crippen LogP contribution in [0.4, 0.5) is 0 Å². The van der Waals surface area contributed by atoms with Gasteiger partial charge in [-0.1, -0.05) is 11.6 Å². The van der Waals surface area contributed by atoms with E-state index in [1.54, 1.807) is 12.3 Å². The minimum Gasteiger partial charge on any atom is -0.381 e. The molecule has 1 amide bonds. The molecular formula is C11H13ClN2O2. The van der Waals surface area contributed by atoms with E-state index in [1.165, 1.54) is 6.20 Å². The molecule has 1 aliphatic heterocycles. The third kappa shape index (κ3) is 2.71. The van der Waals surface area contributed by atoms with E-state index in [-0.39, 0.29) is 5.91 Å². The molecule has 2 rings (SSSR count). The molecule has 1 atom stereocenters. The molecule has 0 spiro atoms. The van der Waals surface area contributed by atoms with Gasteiger partial charge in [0.1, 0.15) is 0 Å². The molecule has 1 aliphatic rings. The lowest BCUT2D eigenvalue weighted by Gasteiger charge is -2.09. The van der Waals surface area contributed by atoms with Gasteiger partial charge in [-0.3, -0.25) is 9.78 Å². The highest BCUT2D eigenvalue weighted by molar-refractivity contribution is 6.33. The van der Waals surface area contributed by atoms with E-state index in [9.17, 15) is 4.79 Å². The van der Waals surface area contributed by atoms with Gasteiger partial charge >= 0.3 is 0 Å². The van der Waals surface area contributed by atoms with Crippen LogP contribution in [0.15, 0.2) is 18.5 Å². The SMILES string of the molecule is O=C(NCC1CCOC1)c1cnccc1Cl. The average Bonchev–Trinajstić information content (AvgIpc) is 2.79. The van der Waals surface area contributed by atoms with Crippen LogP contribution in [0.25, 0.3) is 0 Å². The number of hydrogen-bond acceptors (Lipinski definition) is 3. The Labute approximate surface area is 99.0 Å². The summed E-state index contributed by atoms with van der Waals surface area (Å²) in [4.78, 5) is 15.6. The van der Waals surface area contributed by atoms with E-state index in [2.05, 4.69) is 10.3 Å². The van der Waals surface area contributed by atoms with Crippen LogP contribution < -0.4 is 5.32 Å². The van der Waals surface area contributed by atoms with E-state index < -0.39 is 0 Å². The molecule has 1 saturated heterocycles. The van der Waals surface area contributed by atoms with Crippen molar-refractivity contribution < 1.29 is 9.53 Å². The van der Waals surface area contributed by atoms with Crippen molar-refractivity contribution in [1.82, 2.24) is 10.3 Å². The third-order valence-electron chi connectivity index (χ3n) is 2.59. The normalized spacial score (nSPS) is 19.7. The molecule has 4 nitrogen and oxygen atoms in total. The van der Waals surface area contributed by atoms with Gasteiger partial charge in [0, 0.05) is 31.5 Å². The number of aromatic nitrogens is 1. The number of carbonyl (C=O) groups is 1. The second-order valence-electron chi connectivity index (χ2n) is 3.80. The molecule has 0 bridgehead atoms. The lowest BCUT2D eigenvalue weighted by molar-refractivity contribution is 0.0945. The summed E-state index contributed by atoms with van der Waals surface area (Å²) in [6.07, 6.45) is 4.04. The van der Waals surface area contributed by atoms with Crippen molar-refractivity contribution in [2.45, 2.75) is 6.42 Å². The van der Waals surface area contributed by atoms with E-state index in [4.69, 9.17) is 16.3 Å². The highest BCUT2D eigenvalue weighted by atomic mass is 35.5. The van der Waals surface area contributed by atoms with Gasteiger partial charge in [-0.25, -0.2) is 0 Å². The Morgan fingerprint density at radius 3 is 3.25 bits per heavy atom. The monoisotopic (exact) mass is 240 g/mol. The zero-order valence-electron chi connectivity index (χ0n) is 8.78. The first-order chi connectivity index (χ1) is 7.77. The number of hydrogen-bond donors (Lipinski definition) is 1. The van der Waals surface area contributed by atoms with Crippen molar-refractivity contribution in [3.8, 4) is 0 Å². The Bertz CT molecular complexity index is 378. The summed E-state index contributed by atoms with van der Waals surface area (Å²) in [6.45, 7) is 2.14. The summed E-state index contributed by atoms with van der Waals surface area (Å²) in [5.41, 5.74) is 0.420. The Morgan fingerprint density at radius 2 is 2.56 bits per heavy atom. The smallest absolute Gasteiger partial charge is 0.254 e. The van der Waals surface area contributed by atoms with Crippen LogP contribution in [0.1, 0.15) is 16.8 Å². The van der Waals surface area contributed by atoms with Crippen LogP contribution in [0, 0.1) is 5.92 Å². The minimum absolute atomic E-state index is 0.176. The lowest BCUT2D eigenvalue weighted by Crippen LogP contribution is -2.29. The number of pyridine rings is 1. The van der Waals surface area contributed by atoms with Gasteiger partial charge in [0.05, 0.1) is 17.2 Å². The molecule has 16 heavy (non-hydrogen) atoms. The predicted molar refractivity (Wildman–Crippen MR) is 60.5 cm³/mol. The van der Waals surface area contributed by atoms with Gasteiger partial charge in [-0.15, -0.1) is 0 Å². The molecular weight excluding hydrogens is 228 g/mol. The van der Waals surface area contributed by atoms with Gasteiger partial charge in [0.2, 0.25) is 0 Å². The molecule has 1 unspecified atom stereocenters. The maximum absolute atomic E-state index is 11.7. The minimum atomic E-state index is -0.176. The molecule has 0 saturated carbocycles. The summed E-state index contributed by atoms with van der Waals surface area (Å²) in [5.74, 6) is 0.240. The summed E-state index contributed by atoms with van der Waals surface area (Å²) >= 11 is 5.89. The van der Waals surface area contributed by atoms with E-state index >= 15 is 0 Å². The molecule has 1 aromatic rings. The molecule has 86 valence electrons. The Hall–Kier alpha value is -1.13. The van der Waals surface area contributed by atoms with E-state index in [1.807, 2.05) is 0 Å². The molecule has 5 heteroatoms. The number of halogens is 1. The van der Waals surface area contributed by atoms with Crippen LogP contribution in [0.3, 0.4) is 0 Å². The van der Waals surface area contributed by atoms with Crippen molar-refractivity contribution in [1.29, 1.82) is 0 Å². The second-order valence-corrected chi connectivity index (χ2v) is 4.20. The first-order valence-corrected chi connectivity index (χ1v) is 5.60. The van der Waals surface area contributed by atoms with Crippen LogP contribution in [-0.4, -0.2) is 30.6 Å². The largest absolute Gasteiger partial charge is 0.381 e. The molecule has 1 fully saturated rings. The summed E-state index contributed by atoms with van der Waals surface area (Å²) in [7, 11) is 0. The van der Waals surface area contributed by atoms with Crippen molar-refractivity contribution in [3.05, 3.63) is 29.0 Å². The molecule has 2 heterocycles. The topological polar surface area (TPSA) is 51.2 Å². The van der Waals surface area contributed by atoms with Crippen molar-refractivity contribution in [2.75, 3.05) is 19.8 Å². The van der Waals surface area contributed by atoms with Gasteiger partial charge in [0.15, 0.2) is 0 Å². The number of rotatable bonds is 3. The van der Waals surface area contributed by atoms with Crippen molar-refractivity contribution in [3.63, 3.8) is 0 Å². The van der Waals surface area contributed by atoms with Crippen LogP contribution in [-0.2, 0) is 4.74 Å². The van der Waals surface area contributed by atoms with Crippen molar-refractivity contribution >= 4 is 17.5 Å². The zero-order chi connectivity index (χ0) is 11.4. The predicted octanol–water partition coefficient (Wildman–Crippen LogP) is 1.50. The number of carbonyl (C=O) groups excluding carboxylic acids is 1. The number of nitrogens with one attached hydrogen (secondary N) is 1. The fraction of sp³-hybridized carbons (Fsp3) is 0.455. The van der Waals surface area contributed by atoms with Gasteiger partial charge in [0.25, 0.3) is 5.91 Å². The molecule has 0 aromatic carbocycles. The summed E-state index contributed by atoms with van der Waals surface area (Å²) in [6, 6.07) is 1.61. The Balaban J connectivity index is 1.90. The second kappa shape index (κ2) is 5.27. The fourth-order valence-electron chi connectivity index (χ4n) is 1.62. The van der Waals surface area contributed by atoms with E-state index in [0.29, 0.717) is 23.0 Å². The van der Waals surface area contributed by atoms with Crippen molar-refractivity contribution in [2.24, 2.45) is 5.92 Å². The molecule has 0 aliphatic carbocycles. The number of nitrogens with zero attached hydrogens (tertiary/aromatic N) is 1. The first kappa shape index (κ1) is 11.4. The van der Waals surface area contributed by atoms with Gasteiger partial charge in [-0.05, 0) is 12.5 Å². The lowest BCUT2D eigenvalue weighted by atomic mass is 10.1. The van der Waals surface area contributed by atoms with Gasteiger partial charge < -0.3 is 10.1 Å². The van der Waals surface area contributed by atoms with Crippen LogP contribution in [0.2, 0.25) is 5.02 Å². The standard InChI is InChI=1S/C11H13ClN2O2/c12-10-1-3-13-6-9(10)11(15)14-5-8-2-4-16-7-8/h1,3,6,8H,2,4-5,7H2,(H,14,15). The molecule has 1 aromatic heterocycles. The Morgan fingerprint density at radius 1 is 1.69 bits per heavy atom. The highest BCUT2D eigenvalue weighted by Crippen LogP contribution is 2.14. The Kier molecular flexibility index (Phi) is 3.74. The third-order valence-corrected chi connectivity index (χ3v) is 2.92. The highest BCUT2D eigenvalue weighted by Gasteiger charge is 2.17. The summed E-state index contributed by atoms with van der Waals surface area (Å²) < 4.78 is 5.23. The first-order valence-electron chi connectivity index (χ1n) is 5.23. The van der Waals surface area contributed by atoms with Crippen LogP contribution in [0.5, 0.6) is 0 Å². The van der Waals surface area contributed by atoms with E-state index in [0.717, 1.165) is 19.6 Å². The van der Waals surface area contributed by atoms with Crippen LogP contribution >= 0.6 is 11.6 Å². The number of amides is 1. The maximum atomic E-state index is 11.7. The average molecular weight is 241 g/mol. The maximum Gasteiger partial charge on any atom is 0.254 e. The zero-order valence-corrected chi connectivity index (χ0v) is 9.54. The summed E-state index contributed by atoms with van der Waals surface area (Å²) in [5, 5.41) is 3.26. The molecule has 0 radical (unpaired) electrons. The number of ether oxygens (including phenoxy) is 1. The quantitative estimate of drug-likeness (QED) is 0.871.